The number of amides is 1. The van der Waals surface area contributed by atoms with Crippen LogP contribution in [0.2, 0.25) is 0 Å². The fourth-order valence-corrected chi connectivity index (χ4v) is 9.10. The first-order valence-electron chi connectivity index (χ1n) is 18.9. The van der Waals surface area contributed by atoms with Crippen molar-refractivity contribution in [1.82, 2.24) is 40.0 Å². The van der Waals surface area contributed by atoms with E-state index >= 15 is 0 Å². The van der Waals surface area contributed by atoms with Crippen molar-refractivity contribution in [3.05, 3.63) is 72.8 Å². The molecule has 0 radical (unpaired) electrons. The Morgan fingerprint density at radius 1 is 0.860 bits per heavy atom. The molecule has 5 aliphatic rings. The van der Waals surface area contributed by atoms with E-state index in [1.807, 2.05) is 36.7 Å². The Labute approximate surface area is 294 Å². The van der Waals surface area contributed by atoms with E-state index in [9.17, 15) is 4.79 Å². The van der Waals surface area contributed by atoms with Crippen LogP contribution in [0.15, 0.2) is 67.3 Å². The van der Waals surface area contributed by atoms with Gasteiger partial charge in [0, 0.05) is 75.3 Å². The van der Waals surface area contributed by atoms with Crippen molar-refractivity contribution in [3.63, 3.8) is 0 Å². The lowest BCUT2D eigenvalue weighted by molar-refractivity contribution is -0.121. The van der Waals surface area contributed by atoms with Crippen LogP contribution in [0.1, 0.15) is 50.1 Å². The molecule has 3 N–H and O–H groups in total. The van der Waals surface area contributed by atoms with Gasteiger partial charge in [-0.15, -0.1) is 0 Å². The molecule has 1 amide bonds. The van der Waals surface area contributed by atoms with Gasteiger partial charge in [-0.25, -0.2) is 15.0 Å². The summed E-state index contributed by atoms with van der Waals surface area (Å²) in [5.74, 6) is 1.67. The van der Waals surface area contributed by atoms with E-state index < -0.39 is 0 Å². The van der Waals surface area contributed by atoms with Crippen LogP contribution >= 0.6 is 0 Å². The number of carbonyl (C=O) groups excluding carboxylic acids is 1. The van der Waals surface area contributed by atoms with Crippen LogP contribution in [0, 0.1) is 11.3 Å². The molecule has 4 aromatic rings. The number of piperidine rings is 1. The third kappa shape index (κ3) is 6.58. The maximum absolute atomic E-state index is 12.5. The van der Waals surface area contributed by atoms with Crippen LogP contribution in [-0.4, -0.2) is 106 Å². The van der Waals surface area contributed by atoms with Gasteiger partial charge in [-0.1, -0.05) is 30.3 Å². The Kier molecular flexibility index (Phi) is 8.66. The van der Waals surface area contributed by atoms with Crippen molar-refractivity contribution in [1.29, 1.82) is 0 Å². The molecule has 1 spiro atoms. The topological polar surface area (TPSA) is 106 Å². The molecule has 0 unspecified atom stereocenters. The van der Waals surface area contributed by atoms with E-state index in [-0.39, 0.29) is 18.0 Å². The fraction of sp³-hybridized carbons (Fsp3) is 0.538. The summed E-state index contributed by atoms with van der Waals surface area (Å²) in [7, 11) is 0. The molecule has 0 bridgehead atoms. The summed E-state index contributed by atoms with van der Waals surface area (Å²) in [5.41, 5.74) is 5.52. The van der Waals surface area contributed by atoms with Crippen molar-refractivity contribution >= 4 is 34.3 Å². The Balaban J connectivity index is 0.739. The third-order valence-electron chi connectivity index (χ3n) is 12.4. The highest BCUT2D eigenvalue weighted by Gasteiger charge is 2.48. The zero-order valence-electron chi connectivity index (χ0n) is 29.0. The number of piperazine rings is 1. The minimum Gasteiger partial charge on any atom is -0.369 e. The lowest BCUT2D eigenvalue weighted by Gasteiger charge is -2.56. The largest absolute Gasteiger partial charge is 0.369 e. The van der Waals surface area contributed by atoms with Gasteiger partial charge in [0.1, 0.15) is 6.33 Å². The summed E-state index contributed by atoms with van der Waals surface area (Å²) in [6.45, 7) is 10.9. The molecule has 50 heavy (non-hydrogen) atoms. The highest BCUT2D eigenvalue weighted by atomic mass is 16.1. The number of anilines is 3. The molecular weight excluding hydrogens is 624 g/mol. The first kappa shape index (κ1) is 31.9. The number of rotatable bonds is 10. The smallest absolute Gasteiger partial charge is 0.224 e. The molecule has 0 atom stereocenters. The van der Waals surface area contributed by atoms with E-state index in [0.717, 1.165) is 73.4 Å². The van der Waals surface area contributed by atoms with Crippen molar-refractivity contribution in [2.45, 2.75) is 63.1 Å². The van der Waals surface area contributed by atoms with Crippen molar-refractivity contribution in [2.75, 3.05) is 69.1 Å². The summed E-state index contributed by atoms with van der Waals surface area (Å²) in [5, 5.41) is 10.1. The molecule has 2 saturated carbocycles. The van der Waals surface area contributed by atoms with Gasteiger partial charge in [-0.2, -0.15) is 0 Å². The second-order valence-corrected chi connectivity index (χ2v) is 15.7. The van der Waals surface area contributed by atoms with Gasteiger partial charge in [-0.3, -0.25) is 9.69 Å². The van der Waals surface area contributed by atoms with Crippen molar-refractivity contribution in [3.8, 4) is 0 Å². The second-order valence-electron chi connectivity index (χ2n) is 15.7. The van der Waals surface area contributed by atoms with Gasteiger partial charge in [0.2, 0.25) is 5.91 Å². The summed E-state index contributed by atoms with van der Waals surface area (Å²) >= 11 is 0. The number of nitrogens with one attached hydrogen (secondary N) is 3. The van der Waals surface area contributed by atoms with Gasteiger partial charge in [0.15, 0.2) is 17.0 Å². The minimum atomic E-state index is 0.0717. The number of benzene rings is 2. The zero-order chi connectivity index (χ0) is 33.5. The number of nitrogens with zero attached hydrogens (tertiary/aromatic N) is 7. The average molecular weight is 675 g/mol. The quantitative estimate of drug-likeness (QED) is 0.228. The lowest BCUT2D eigenvalue weighted by atomic mass is 9.60. The molecule has 5 fully saturated rings. The highest BCUT2D eigenvalue weighted by molar-refractivity contribution is 5.85. The van der Waals surface area contributed by atoms with Crippen LogP contribution in [-0.2, 0) is 11.2 Å². The fourth-order valence-electron chi connectivity index (χ4n) is 9.10. The Bertz CT molecular complexity index is 1760. The van der Waals surface area contributed by atoms with E-state index in [1.165, 1.54) is 64.1 Å². The Morgan fingerprint density at radius 2 is 1.62 bits per heavy atom. The normalized spacial score (nSPS) is 24.4. The van der Waals surface area contributed by atoms with Crippen LogP contribution < -0.4 is 20.9 Å². The standard InChI is InChI=1S/C39H50N10O/c50-35(18-28-4-2-1-3-5-28)44-31-19-33(20-31)49-27-43-36-37(41-26-42-38(36)49)45-30-6-8-32(9-7-30)47-14-16-48(17-15-47)34-21-39(22-34)10-12-46(13-11-39)25-29-23-40-24-29/h1-9,26-27,29,31,33-34,40H,10-25H2,(H,44,50)(H,41,42,45). The number of likely N-dealkylation sites (tertiary alicyclic amines) is 1. The molecule has 2 aliphatic carbocycles. The SMILES string of the molecule is O=C(Cc1ccccc1)NC1CC(n2cnc3c(Nc4ccc(N5CCN(C6CC7(CCN(CC8CNC8)CC7)C6)CC5)cc4)ncnc32)C1. The number of hydrogen-bond donors (Lipinski definition) is 3. The highest BCUT2D eigenvalue weighted by Crippen LogP contribution is 2.51. The summed E-state index contributed by atoms with van der Waals surface area (Å²) in [6, 6.07) is 19.8. The molecule has 11 heteroatoms. The van der Waals surface area contributed by atoms with E-state index in [0.29, 0.717) is 17.7 Å². The number of hydrogen-bond acceptors (Lipinski definition) is 9. The molecular formula is C39H50N10O. The van der Waals surface area contributed by atoms with Crippen molar-refractivity contribution in [2.24, 2.45) is 11.3 Å². The summed E-state index contributed by atoms with van der Waals surface area (Å²) in [6.07, 6.45) is 11.3. The van der Waals surface area contributed by atoms with Crippen LogP contribution in [0.4, 0.5) is 17.2 Å². The maximum Gasteiger partial charge on any atom is 0.224 e. The van der Waals surface area contributed by atoms with Gasteiger partial charge in [0.05, 0.1) is 12.7 Å². The van der Waals surface area contributed by atoms with Crippen LogP contribution in [0.3, 0.4) is 0 Å². The molecule has 11 nitrogen and oxygen atoms in total. The first-order chi connectivity index (χ1) is 24.6. The first-order valence-corrected chi connectivity index (χ1v) is 18.9. The monoisotopic (exact) mass is 674 g/mol. The molecule has 3 aliphatic heterocycles. The number of imidazole rings is 1. The van der Waals surface area contributed by atoms with Gasteiger partial charge >= 0.3 is 0 Å². The third-order valence-corrected chi connectivity index (χ3v) is 12.4. The lowest BCUT2D eigenvalue weighted by Crippen LogP contribution is -2.59. The zero-order valence-corrected chi connectivity index (χ0v) is 29.0. The molecule has 9 rings (SSSR count). The maximum atomic E-state index is 12.5. The molecule has 2 aromatic carbocycles. The predicted octanol–water partition coefficient (Wildman–Crippen LogP) is 4.22. The van der Waals surface area contributed by atoms with Crippen LogP contribution in [0.25, 0.3) is 11.2 Å². The van der Waals surface area contributed by atoms with E-state index in [2.05, 4.69) is 69.5 Å². The van der Waals surface area contributed by atoms with E-state index in [1.54, 1.807) is 6.33 Å². The number of fused-ring (bicyclic) bond motifs is 1. The number of aromatic nitrogens is 4. The van der Waals surface area contributed by atoms with Crippen molar-refractivity contribution < 1.29 is 4.79 Å². The Morgan fingerprint density at radius 3 is 2.34 bits per heavy atom. The van der Waals surface area contributed by atoms with Crippen LogP contribution in [0.5, 0.6) is 0 Å². The van der Waals surface area contributed by atoms with Gasteiger partial charge < -0.3 is 30.3 Å². The Hall–Kier alpha value is -4.06. The predicted molar refractivity (Wildman–Crippen MR) is 197 cm³/mol. The number of carbonyl (C=O) groups is 1. The average Bonchev–Trinajstić information content (AvgIpc) is 3.53. The molecule has 262 valence electrons. The second kappa shape index (κ2) is 13.6. The minimum absolute atomic E-state index is 0.0717. The summed E-state index contributed by atoms with van der Waals surface area (Å²) < 4.78 is 2.13. The van der Waals surface area contributed by atoms with Gasteiger partial charge in [0.25, 0.3) is 0 Å². The molecule has 2 aromatic heterocycles. The van der Waals surface area contributed by atoms with Gasteiger partial charge in [-0.05, 0) is 92.8 Å². The summed E-state index contributed by atoms with van der Waals surface area (Å²) in [4.78, 5) is 34.4. The van der Waals surface area contributed by atoms with E-state index in [4.69, 9.17) is 4.98 Å². The molecule has 3 saturated heterocycles. The molecule has 5 heterocycles.